The third-order valence-corrected chi connectivity index (χ3v) is 3.68. The average molecular weight is 309 g/mol. The molecular weight excluding hydrogens is 286 g/mol. The summed E-state index contributed by atoms with van der Waals surface area (Å²) in [7, 11) is 3.37. The van der Waals surface area contributed by atoms with Crippen molar-refractivity contribution in [3.05, 3.63) is 26.7 Å². The Kier molecular flexibility index (Phi) is 5.15. The molecular formula is C14H23N5O3. The van der Waals surface area contributed by atoms with Gasteiger partial charge in [-0.1, -0.05) is 6.92 Å². The van der Waals surface area contributed by atoms with Gasteiger partial charge in [-0.15, -0.1) is 0 Å². The van der Waals surface area contributed by atoms with Crippen LogP contribution >= 0.6 is 0 Å². The SMILES string of the molecule is CCCc1nc2c(c(=O)n(CCN)c(=O)n2CCOC)n1C. The maximum Gasteiger partial charge on any atom is 0.332 e. The number of methoxy groups -OCH3 is 1. The molecule has 0 bridgehead atoms. The minimum Gasteiger partial charge on any atom is -0.383 e. The molecule has 0 amide bonds. The van der Waals surface area contributed by atoms with Crippen molar-refractivity contribution in [2.45, 2.75) is 32.9 Å². The fourth-order valence-corrected chi connectivity index (χ4v) is 2.57. The first kappa shape index (κ1) is 16.4. The lowest BCUT2D eigenvalue weighted by atomic mass is 10.3. The molecule has 2 heterocycles. The van der Waals surface area contributed by atoms with E-state index in [-0.39, 0.29) is 24.3 Å². The Labute approximate surface area is 128 Å². The molecule has 0 fully saturated rings. The number of hydrogen-bond acceptors (Lipinski definition) is 5. The Balaban J connectivity index is 2.80. The molecule has 8 heteroatoms. The lowest BCUT2D eigenvalue weighted by Crippen LogP contribution is -2.42. The summed E-state index contributed by atoms with van der Waals surface area (Å²) in [5.74, 6) is 0.797. The lowest BCUT2D eigenvalue weighted by molar-refractivity contribution is 0.186. The van der Waals surface area contributed by atoms with Gasteiger partial charge in [0.1, 0.15) is 5.82 Å². The first-order chi connectivity index (χ1) is 10.6. The summed E-state index contributed by atoms with van der Waals surface area (Å²) in [6.07, 6.45) is 1.66. The Morgan fingerprint density at radius 1 is 1.23 bits per heavy atom. The van der Waals surface area contributed by atoms with Gasteiger partial charge in [0.15, 0.2) is 11.2 Å². The van der Waals surface area contributed by atoms with Gasteiger partial charge in [-0.2, -0.15) is 0 Å². The summed E-state index contributed by atoms with van der Waals surface area (Å²) in [4.78, 5) is 29.7. The van der Waals surface area contributed by atoms with E-state index in [0.29, 0.717) is 24.3 Å². The zero-order valence-corrected chi connectivity index (χ0v) is 13.3. The fourth-order valence-electron chi connectivity index (χ4n) is 2.57. The number of nitrogens with zero attached hydrogens (tertiary/aromatic N) is 4. The summed E-state index contributed by atoms with van der Waals surface area (Å²) >= 11 is 0. The van der Waals surface area contributed by atoms with E-state index in [0.717, 1.165) is 18.7 Å². The predicted octanol–water partition coefficient (Wildman–Crippen LogP) is -0.546. The molecule has 0 atom stereocenters. The summed E-state index contributed by atoms with van der Waals surface area (Å²) in [5, 5.41) is 0. The molecule has 0 aliphatic heterocycles. The molecule has 0 saturated heterocycles. The second kappa shape index (κ2) is 6.89. The van der Waals surface area contributed by atoms with Crippen molar-refractivity contribution < 1.29 is 4.74 Å². The van der Waals surface area contributed by atoms with Crippen LogP contribution in [0.25, 0.3) is 11.2 Å². The van der Waals surface area contributed by atoms with E-state index in [9.17, 15) is 9.59 Å². The molecule has 2 aromatic heterocycles. The molecule has 0 aromatic carbocycles. The van der Waals surface area contributed by atoms with Crippen molar-refractivity contribution in [3.8, 4) is 0 Å². The number of nitrogens with two attached hydrogens (primary N) is 1. The normalized spacial score (nSPS) is 11.5. The van der Waals surface area contributed by atoms with E-state index < -0.39 is 0 Å². The average Bonchev–Trinajstić information content (AvgIpc) is 2.81. The van der Waals surface area contributed by atoms with E-state index in [1.807, 2.05) is 6.92 Å². The molecule has 0 saturated carbocycles. The Morgan fingerprint density at radius 2 is 1.95 bits per heavy atom. The number of rotatable bonds is 7. The summed E-state index contributed by atoms with van der Waals surface area (Å²) in [5.41, 5.74) is 5.66. The second-order valence-corrected chi connectivity index (χ2v) is 5.18. The van der Waals surface area contributed by atoms with Gasteiger partial charge >= 0.3 is 5.69 Å². The number of fused-ring (bicyclic) bond motifs is 1. The van der Waals surface area contributed by atoms with Crippen molar-refractivity contribution in [2.75, 3.05) is 20.3 Å². The quantitative estimate of drug-likeness (QED) is 0.740. The molecule has 0 unspecified atom stereocenters. The molecule has 2 aromatic rings. The van der Waals surface area contributed by atoms with Crippen LogP contribution in [0.3, 0.4) is 0 Å². The molecule has 2 rings (SSSR count). The van der Waals surface area contributed by atoms with Crippen LogP contribution < -0.4 is 17.0 Å². The van der Waals surface area contributed by atoms with E-state index in [1.54, 1.807) is 18.7 Å². The van der Waals surface area contributed by atoms with E-state index in [1.165, 1.54) is 9.13 Å². The van der Waals surface area contributed by atoms with Crippen LogP contribution in [-0.2, 0) is 31.3 Å². The highest BCUT2D eigenvalue weighted by atomic mass is 16.5. The van der Waals surface area contributed by atoms with Crippen LogP contribution in [0.5, 0.6) is 0 Å². The Hall–Kier alpha value is -1.93. The summed E-state index contributed by atoms with van der Waals surface area (Å²) < 4.78 is 9.50. The maximum atomic E-state index is 12.6. The van der Waals surface area contributed by atoms with Gasteiger partial charge < -0.3 is 15.0 Å². The van der Waals surface area contributed by atoms with Crippen molar-refractivity contribution >= 4 is 11.2 Å². The van der Waals surface area contributed by atoms with Crippen LogP contribution in [0.4, 0.5) is 0 Å². The van der Waals surface area contributed by atoms with Crippen molar-refractivity contribution in [1.82, 2.24) is 18.7 Å². The van der Waals surface area contributed by atoms with Gasteiger partial charge in [0, 0.05) is 33.7 Å². The zero-order chi connectivity index (χ0) is 16.3. The minimum atomic E-state index is -0.388. The van der Waals surface area contributed by atoms with Crippen LogP contribution in [0, 0.1) is 0 Å². The van der Waals surface area contributed by atoms with Gasteiger partial charge in [0.05, 0.1) is 13.2 Å². The Bertz CT molecular complexity index is 771. The van der Waals surface area contributed by atoms with Crippen molar-refractivity contribution in [1.29, 1.82) is 0 Å². The van der Waals surface area contributed by atoms with Crippen LogP contribution in [0.15, 0.2) is 9.59 Å². The number of aromatic nitrogens is 4. The number of aryl methyl sites for hydroxylation is 2. The fraction of sp³-hybridized carbons (Fsp3) is 0.643. The Morgan fingerprint density at radius 3 is 2.55 bits per heavy atom. The first-order valence-corrected chi connectivity index (χ1v) is 7.44. The molecule has 122 valence electrons. The second-order valence-electron chi connectivity index (χ2n) is 5.18. The molecule has 0 aliphatic rings. The number of hydrogen-bond donors (Lipinski definition) is 1. The minimum absolute atomic E-state index is 0.189. The number of imidazole rings is 1. The van der Waals surface area contributed by atoms with Crippen LogP contribution in [0.2, 0.25) is 0 Å². The zero-order valence-electron chi connectivity index (χ0n) is 13.3. The van der Waals surface area contributed by atoms with E-state index >= 15 is 0 Å². The molecule has 22 heavy (non-hydrogen) atoms. The van der Waals surface area contributed by atoms with E-state index in [4.69, 9.17) is 10.5 Å². The van der Waals surface area contributed by atoms with Crippen molar-refractivity contribution in [2.24, 2.45) is 12.8 Å². The molecule has 0 spiro atoms. The first-order valence-electron chi connectivity index (χ1n) is 7.44. The maximum absolute atomic E-state index is 12.6. The standard InChI is InChI=1S/C14H23N5O3/c1-4-5-10-16-12-11(17(10)2)13(20)19(7-6-15)14(21)18(12)8-9-22-3/h4-9,15H2,1-3H3. The van der Waals surface area contributed by atoms with Crippen LogP contribution in [-0.4, -0.2) is 38.9 Å². The predicted molar refractivity (Wildman–Crippen MR) is 84.2 cm³/mol. The van der Waals surface area contributed by atoms with E-state index in [2.05, 4.69) is 4.98 Å². The summed E-state index contributed by atoms with van der Waals surface area (Å²) in [6.45, 7) is 3.18. The topological polar surface area (TPSA) is 97.1 Å². The monoisotopic (exact) mass is 309 g/mol. The highest BCUT2D eigenvalue weighted by molar-refractivity contribution is 5.71. The van der Waals surface area contributed by atoms with Gasteiger partial charge in [-0.25, -0.2) is 9.78 Å². The van der Waals surface area contributed by atoms with Crippen LogP contribution in [0.1, 0.15) is 19.2 Å². The number of ether oxygens (including phenoxy) is 1. The highest BCUT2D eigenvalue weighted by Gasteiger charge is 2.19. The lowest BCUT2D eigenvalue weighted by Gasteiger charge is -2.10. The third-order valence-electron chi connectivity index (χ3n) is 3.68. The molecule has 0 aliphatic carbocycles. The summed E-state index contributed by atoms with van der Waals surface area (Å²) in [6, 6.07) is 0. The van der Waals surface area contributed by atoms with Gasteiger partial charge in [-0.05, 0) is 6.42 Å². The van der Waals surface area contributed by atoms with Gasteiger partial charge in [0.25, 0.3) is 5.56 Å². The molecule has 2 N–H and O–H groups in total. The van der Waals surface area contributed by atoms with Gasteiger partial charge in [0.2, 0.25) is 0 Å². The molecule has 0 radical (unpaired) electrons. The van der Waals surface area contributed by atoms with Crippen molar-refractivity contribution in [3.63, 3.8) is 0 Å². The highest BCUT2D eigenvalue weighted by Crippen LogP contribution is 2.11. The van der Waals surface area contributed by atoms with Gasteiger partial charge in [-0.3, -0.25) is 13.9 Å². The third kappa shape index (κ3) is 2.71. The molecule has 8 nitrogen and oxygen atoms in total. The largest absolute Gasteiger partial charge is 0.383 e. The smallest absolute Gasteiger partial charge is 0.332 e.